The first-order valence-electron chi connectivity index (χ1n) is 9.73. The maximum absolute atomic E-state index is 12.5. The zero-order chi connectivity index (χ0) is 21.6. The molecule has 0 aliphatic heterocycles. The SMILES string of the molecule is C[C@@](C#N)(NC(=O)COC(=O)c1ccccc1NC(=O)Cc1ccccc1)C1CC1. The van der Waals surface area contributed by atoms with Gasteiger partial charge in [-0.2, -0.15) is 5.26 Å². The van der Waals surface area contributed by atoms with Gasteiger partial charge in [0.25, 0.3) is 5.91 Å². The minimum Gasteiger partial charge on any atom is -0.452 e. The molecule has 2 amide bonds. The van der Waals surface area contributed by atoms with Crippen molar-refractivity contribution in [2.24, 2.45) is 5.92 Å². The quantitative estimate of drug-likeness (QED) is 0.657. The van der Waals surface area contributed by atoms with Crippen molar-refractivity contribution in [2.45, 2.75) is 31.7 Å². The molecule has 1 atom stereocenters. The van der Waals surface area contributed by atoms with E-state index in [0.29, 0.717) is 5.69 Å². The summed E-state index contributed by atoms with van der Waals surface area (Å²) in [4.78, 5) is 36.9. The van der Waals surface area contributed by atoms with E-state index in [-0.39, 0.29) is 23.8 Å². The second-order valence-corrected chi connectivity index (χ2v) is 7.47. The number of carbonyl (C=O) groups excluding carboxylic acids is 3. The molecule has 1 saturated carbocycles. The summed E-state index contributed by atoms with van der Waals surface area (Å²) in [7, 11) is 0. The van der Waals surface area contributed by atoms with Gasteiger partial charge in [-0.3, -0.25) is 9.59 Å². The molecule has 1 aliphatic rings. The van der Waals surface area contributed by atoms with Crippen LogP contribution in [0.5, 0.6) is 0 Å². The van der Waals surface area contributed by atoms with Crippen molar-refractivity contribution in [3.63, 3.8) is 0 Å². The number of amides is 2. The summed E-state index contributed by atoms with van der Waals surface area (Å²) in [6, 6.07) is 17.8. The van der Waals surface area contributed by atoms with E-state index in [1.54, 1.807) is 25.1 Å². The maximum atomic E-state index is 12.5. The van der Waals surface area contributed by atoms with Gasteiger partial charge in [0.2, 0.25) is 5.91 Å². The predicted molar refractivity (Wildman–Crippen MR) is 110 cm³/mol. The number of hydrogen-bond acceptors (Lipinski definition) is 5. The van der Waals surface area contributed by atoms with E-state index >= 15 is 0 Å². The van der Waals surface area contributed by atoms with Crippen molar-refractivity contribution in [1.29, 1.82) is 5.26 Å². The van der Waals surface area contributed by atoms with Gasteiger partial charge in [0, 0.05) is 0 Å². The summed E-state index contributed by atoms with van der Waals surface area (Å²) in [5.41, 5.74) is 0.357. The molecule has 154 valence electrons. The molecule has 0 unspecified atom stereocenters. The number of rotatable bonds is 8. The number of anilines is 1. The number of nitrogens with zero attached hydrogens (tertiary/aromatic N) is 1. The van der Waals surface area contributed by atoms with Gasteiger partial charge >= 0.3 is 5.97 Å². The molecule has 2 N–H and O–H groups in total. The lowest BCUT2D eigenvalue weighted by Gasteiger charge is -2.22. The van der Waals surface area contributed by atoms with E-state index < -0.39 is 24.0 Å². The summed E-state index contributed by atoms with van der Waals surface area (Å²) in [6.45, 7) is 1.16. The second kappa shape index (κ2) is 9.23. The molecule has 0 radical (unpaired) electrons. The van der Waals surface area contributed by atoms with Gasteiger partial charge in [0.05, 0.1) is 23.7 Å². The van der Waals surface area contributed by atoms with Gasteiger partial charge in [0.1, 0.15) is 5.54 Å². The average molecular weight is 405 g/mol. The van der Waals surface area contributed by atoms with E-state index in [0.717, 1.165) is 18.4 Å². The highest BCUT2D eigenvalue weighted by Gasteiger charge is 2.43. The molecule has 1 aliphatic carbocycles. The molecule has 7 heteroatoms. The Balaban J connectivity index is 1.58. The molecule has 3 rings (SSSR count). The number of esters is 1. The van der Waals surface area contributed by atoms with Crippen molar-refractivity contribution < 1.29 is 19.1 Å². The predicted octanol–water partition coefficient (Wildman–Crippen LogP) is 2.83. The monoisotopic (exact) mass is 405 g/mol. The van der Waals surface area contributed by atoms with Gasteiger partial charge in [-0.1, -0.05) is 42.5 Å². The third kappa shape index (κ3) is 5.45. The molecule has 0 heterocycles. The number of carbonyl (C=O) groups is 3. The fraction of sp³-hybridized carbons (Fsp3) is 0.304. The molecule has 2 aromatic carbocycles. The normalized spacial score (nSPS) is 14.7. The first-order valence-corrected chi connectivity index (χ1v) is 9.73. The number of nitriles is 1. The standard InChI is InChI=1S/C23H23N3O4/c1-23(15-24,17-11-12-17)26-21(28)14-30-22(29)18-9-5-6-10-19(18)25-20(27)13-16-7-3-2-4-8-16/h2-10,17H,11-14H2,1H3,(H,25,27)(H,26,28)/t23-/m0/s1. The van der Waals surface area contributed by atoms with Crippen molar-refractivity contribution in [3.05, 3.63) is 65.7 Å². The summed E-state index contributed by atoms with van der Waals surface area (Å²) in [5.74, 6) is -1.41. The Morgan fingerprint density at radius 2 is 1.73 bits per heavy atom. The van der Waals surface area contributed by atoms with Gasteiger partial charge in [0.15, 0.2) is 6.61 Å². The zero-order valence-corrected chi connectivity index (χ0v) is 16.7. The molecule has 0 saturated heterocycles. The van der Waals surface area contributed by atoms with E-state index in [9.17, 15) is 19.6 Å². The highest BCUT2D eigenvalue weighted by molar-refractivity contribution is 6.02. The number of hydrogen-bond donors (Lipinski definition) is 2. The smallest absolute Gasteiger partial charge is 0.340 e. The molecular formula is C23H23N3O4. The Morgan fingerprint density at radius 1 is 1.07 bits per heavy atom. The van der Waals surface area contributed by atoms with Gasteiger partial charge in [-0.25, -0.2) is 4.79 Å². The Bertz CT molecular complexity index is 979. The molecule has 7 nitrogen and oxygen atoms in total. The van der Waals surface area contributed by atoms with Crippen LogP contribution in [0.15, 0.2) is 54.6 Å². The Morgan fingerprint density at radius 3 is 2.40 bits per heavy atom. The molecule has 0 bridgehead atoms. The van der Waals surface area contributed by atoms with Gasteiger partial charge in [-0.15, -0.1) is 0 Å². The van der Waals surface area contributed by atoms with Crippen molar-refractivity contribution in [3.8, 4) is 6.07 Å². The Labute approximate surface area is 175 Å². The van der Waals surface area contributed by atoms with Crippen molar-refractivity contribution in [1.82, 2.24) is 5.32 Å². The van der Waals surface area contributed by atoms with Crippen molar-refractivity contribution >= 4 is 23.5 Å². The maximum Gasteiger partial charge on any atom is 0.340 e. The fourth-order valence-electron chi connectivity index (χ4n) is 3.16. The lowest BCUT2D eigenvalue weighted by Crippen LogP contribution is -2.48. The van der Waals surface area contributed by atoms with Crippen LogP contribution in [0.3, 0.4) is 0 Å². The number of ether oxygens (including phenoxy) is 1. The van der Waals surface area contributed by atoms with Crippen LogP contribution >= 0.6 is 0 Å². The van der Waals surface area contributed by atoms with Gasteiger partial charge in [-0.05, 0) is 43.4 Å². The van der Waals surface area contributed by atoms with Crippen LogP contribution in [0.2, 0.25) is 0 Å². The van der Waals surface area contributed by atoms with E-state index in [1.165, 1.54) is 6.07 Å². The highest BCUT2D eigenvalue weighted by atomic mass is 16.5. The number of benzene rings is 2. The average Bonchev–Trinajstić information content (AvgIpc) is 3.59. The second-order valence-electron chi connectivity index (χ2n) is 7.47. The number of para-hydroxylation sites is 1. The third-order valence-electron chi connectivity index (χ3n) is 4.99. The highest BCUT2D eigenvalue weighted by Crippen LogP contribution is 2.39. The minimum absolute atomic E-state index is 0.128. The molecule has 30 heavy (non-hydrogen) atoms. The minimum atomic E-state index is -0.952. The van der Waals surface area contributed by atoms with Crippen LogP contribution in [0.1, 0.15) is 35.7 Å². The molecule has 0 aromatic heterocycles. The summed E-state index contributed by atoms with van der Waals surface area (Å²) in [5, 5.41) is 14.7. The molecular weight excluding hydrogens is 382 g/mol. The summed E-state index contributed by atoms with van der Waals surface area (Å²) in [6.07, 6.45) is 1.95. The first-order chi connectivity index (χ1) is 14.4. The van der Waals surface area contributed by atoms with Crippen molar-refractivity contribution in [2.75, 3.05) is 11.9 Å². The third-order valence-corrected chi connectivity index (χ3v) is 4.99. The van der Waals surface area contributed by atoms with E-state index in [4.69, 9.17) is 4.74 Å². The topological polar surface area (TPSA) is 108 Å². The fourth-order valence-corrected chi connectivity index (χ4v) is 3.16. The van der Waals surface area contributed by atoms with Crippen LogP contribution in [0.25, 0.3) is 0 Å². The molecule has 0 spiro atoms. The summed E-state index contributed by atoms with van der Waals surface area (Å²) >= 11 is 0. The van der Waals surface area contributed by atoms with E-state index in [2.05, 4.69) is 16.7 Å². The number of nitrogens with one attached hydrogen (secondary N) is 2. The Hall–Kier alpha value is -3.66. The lowest BCUT2D eigenvalue weighted by molar-refractivity contribution is -0.125. The first kappa shape index (κ1) is 21.1. The van der Waals surface area contributed by atoms with Crippen LogP contribution in [-0.2, 0) is 20.7 Å². The molecule has 1 fully saturated rings. The lowest BCUT2D eigenvalue weighted by atomic mass is 9.98. The zero-order valence-electron chi connectivity index (χ0n) is 16.7. The van der Waals surface area contributed by atoms with Crippen LogP contribution in [0, 0.1) is 17.2 Å². The van der Waals surface area contributed by atoms with Crippen LogP contribution in [-0.4, -0.2) is 29.9 Å². The van der Waals surface area contributed by atoms with Crippen LogP contribution < -0.4 is 10.6 Å². The molecule has 2 aromatic rings. The largest absolute Gasteiger partial charge is 0.452 e. The Kier molecular flexibility index (Phi) is 6.48. The van der Waals surface area contributed by atoms with Gasteiger partial charge < -0.3 is 15.4 Å². The van der Waals surface area contributed by atoms with E-state index in [1.807, 2.05) is 30.3 Å². The summed E-state index contributed by atoms with van der Waals surface area (Å²) < 4.78 is 5.11. The van der Waals surface area contributed by atoms with Crippen LogP contribution in [0.4, 0.5) is 5.69 Å².